The molecule has 0 bridgehead atoms. The predicted molar refractivity (Wildman–Crippen MR) is 85.3 cm³/mol. The highest BCUT2D eigenvalue weighted by Crippen LogP contribution is 2.19. The summed E-state index contributed by atoms with van der Waals surface area (Å²) < 4.78 is 1.74. The van der Waals surface area contributed by atoms with Crippen LogP contribution in [0.2, 0.25) is 0 Å². The lowest BCUT2D eigenvalue weighted by molar-refractivity contribution is 0.0988. The SMILES string of the molecule is CCc1ccc(CC(=O)c2ccn(-c3ccccc3)n2)s1. The van der Waals surface area contributed by atoms with Crippen molar-refractivity contribution in [2.24, 2.45) is 0 Å². The number of thiophene rings is 1. The van der Waals surface area contributed by atoms with Crippen LogP contribution in [0.3, 0.4) is 0 Å². The van der Waals surface area contributed by atoms with Gasteiger partial charge in [0, 0.05) is 22.4 Å². The number of carbonyl (C=O) groups excluding carboxylic acids is 1. The van der Waals surface area contributed by atoms with Gasteiger partial charge in [-0.3, -0.25) is 4.79 Å². The van der Waals surface area contributed by atoms with Crippen molar-refractivity contribution in [2.75, 3.05) is 0 Å². The van der Waals surface area contributed by atoms with Crippen LogP contribution in [0.25, 0.3) is 5.69 Å². The zero-order chi connectivity index (χ0) is 14.7. The quantitative estimate of drug-likeness (QED) is 0.669. The molecule has 0 aliphatic carbocycles. The lowest BCUT2D eigenvalue weighted by Crippen LogP contribution is -2.04. The number of rotatable bonds is 5. The second-order valence-electron chi connectivity index (χ2n) is 4.80. The van der Waals surface area contributed by atoms with E-state index in [-0.39, 0.29) is 5.78 Å². The number of Topliss-reactive ketones (excluding diaryl/α,β-unsaturated/α-hetero) is 1. The van der Waals surface area contributed by atoms with E-state index in [2.05, 4.69) is 18.1 Å². The van der Waals surface area contributed by atoms with E-state index in [0.29, 0.717) is 12.1 Å². The average Bonchev–Trinajstić information content (AvgIpc) is 3.17. The first kappa shape index (κ1) is 13.8. The van der Waals surface area contributed by atoms with Gasteiger partial charge in [0.25, 0.3) is 0 Å². The number of aromatic nitrogens is 2. The summed E-state index contributed by atoms with van der Waals surface area (Å²) in [5, 5.41) is 4.38. The average molecular weight is 296 g/mol. The number of hydrogen-bond acceptors (Lipinski definition) is 3. The largest absolute Gasteiger partial charge is 0.292 e. The molecule has 0 aliphatic rings. The summed E-state index contributed by atoms with van der Waals surface area (Å²) in [4.78, 5) is 14.7. The molecule has 0 fully saturated rings. The van der Waals surface area contributed by atoms with Crippen LogP contribution in [0.4, 0.5) is 0 Å². The molecule has 3 aromatic rings. The molecule has 0 saturated heterocycles. The van der Waals surface area contributed by atoms with Gasteiger partial charge in [0.05, 0.1) is 5.69 Å². The number of aryl methyl sites for hydroxylation is 1. The minimum atomic E-state index is 0.0641. The third-order valence-electron chi connectivity index (χ3n) is 3.30. The predicted octanol–water partition coefficient (Wildman–Crippen LogP) is 3.92. The Bertz CT molecular complexity index is 743. The van der Waals surface area contributed by atoms with Crippen LogP contribution >= 0.6 is 11.3 Å². The molecule has 0 saturated carbocycles. The van der Waals surface area contributed by atoms with Gasteiger partial charge in [-0.05, 0) is 36.8 Å². The third kappa shape index (κ3) is 3.11. The molecule has 0 unspecified atom stereocenters. The molecule has 3 nitrogen and oxygen atoms in total. The molecule has 1 aromatic carbocycles. The molecule has 21 heavy (non-hydrogen) atoms. The normalized spacial score (nSPS) is 10.7. The Kier molecular flexibility index (Phi) is 3.97. The molecule has 0 atom stereocenters. The van der Waals surface area contributed by atoms with E-state index < -0.39 is 0 Å². The van der Waals surface area contributed by atoms with Crippen LogP contribution in [-0.2, 0) is 12.8 Å². The van der Waals surface area contributed by atoms with E-state index in [0.717, 1.165) is 17.0 Å². The summed E-state index contributed by atoms with van der Waals surface area (Å²) in [5.74, 6) is 0.0641. The van der Waals surface area contributed by atoms with E-state index in [1.165, 1.54) is 4.88 Å². The minimum Gasteiger partial charge on any atom is -0.292 e. The van der Waals surface area contributed by atoms with Crippen LogP contribution in [0, 0.1) is 0 Å². The van der Waals surface area contributed by atoms with Crippen LogP contribution in [0.15, 0.2) is 54.7 Å². The second kappa shape index (κ2) is 6.06. The van der Waals surface area contributed by atoms with Crippen molar-refractivity contribution < 1.29 is 4.79 Å². The highest BCUT2D eigenvalue weighted by atomic mass is 32.1. The molecule has 0 N–H and O–H groups in total. The Morgan fingerprint density at radius 2 is 1.86 bits per heavy atom. The fraction of sp³-hybridized carbons (Fsp3) is 0.176. The first-order chi connectivity index (χ1) is 10.3. The number of benzene rings is 1. The highest BCUT2D eigenvalue weighted by Gasteiger charge is 2.12. The first-order valence-corrected chi connectivity index (χ1v) is 7.80. The van der Waals surface area contributed by atoms with Crippen LogP contribution in [0.5, 0.6) is 0 Å². The lowest BCUT2D eigenvalue weighted by Gasteiger charge is -1.99. The Balaban J connectivity index is 1.75. The molecular weight excluding hydrogens is 280 g/mol. The zero-order valence-corrected chi connectivity index (χ0v) is 12.6. The summed E-state index contributed by atoms with van der Waals surface area (Å²) in [6.07, 6.45) is 3.27. The topological polar surface area (TPSA) is 34.9 Å². The maximum Gasteiger partial charge on any atom is 0.188 e. The van der Waals surface area contributed by atoms with Gasteiger partial charge in [-0.15, -0.1) is 11.3 Å². The summed E-state index contributed by atoms with van der Waals surface area (Å²) in [5.41, 5.74) is 1.48. The number of hydrogen-bond donors (Lipinski definition) is 0. The van der Waals surface area contributed by atoms with Gasteiger partial charge >= 0.3 is 0 Å². The molecule has 3 rings (SSSR count). The van der Waals surface area contributed by atoms with Crippen molar-refractivity contribution in [3.8, 4) is 5.69 Å². The van der Waals surface area contributed by atoms with Crippen molar-refractivity contribution in [3.05, 3.63) is 70.2 Å². The molecule has 2 heterocycles. The first-order valence-electron chi connectivity index (χ1n) is 6.98. The van der Waals surface area contributed by atoms with Crippen molar-refractivity contribution in [2.45, 2.75) is 19.8 Å². The van der Waals surface area contributed by atoms with E-state index in [1.54, 1.807) is 22.1 Å². The zero-order valence-electron chi connectivity index (χ0n) is 11.8. The van der Waals surface area contributed by atoms with E-state index in [4.69, 9.17) is 0 Å². The molecule has 0 spiro atoms. The smallest absolute Gasteiger partial charge is 0.188 e. The molecule has 0 aliphatic heterocycles. The summed E-state index contributed by atoms with van der Waals surface area (Å²) >= 11 is 1.70. The van der Waals surface area contributed by atoms with Gasteiger partial charge in [0.2, 0.25) is 0 Å². The van der Waals surface area contributed by atoms with Gasteiger partial charge < -0.3 is 0 Å². The Morgan fingerprint density at radius 1 is 1.10 bits per heavy atom. The van der Waals surface area contributed by atoms with Crippen LogP contribution in [0.1, 0.15) is 27.2 Å². The van der Waals surface area contributed by atoms with E-state index in [1.807, 2.05) is 42.6 Å². The maximum absolute atomic E-state index is 12.3. The Labute approximate surface area is 127 Å². The fourth-order valence-electron chi connectivity index (χ4n) is 2.15. The van der Waals surface area contributed by atoms with Crippen molar-refractivity contribution in [1.82, 2.24) is 9.78 Å². The van der Waals surface area contributed by atoms with E-state index in [9.17, 15) is 4.79 Å². The molecular formula is C17H16N2OS. The molecule has 0 amide bonds. The van der Waals surface area contributed by atoms with Crippen molar-refractivity contribution in [3.63, 3.8) is 0 Å². The van der Waals surface area contributed by atoms with Gasteiger partial charge in [-0.2, -0.15) is 5.10 Å². The Morgan fingerprint density at radius 3 is 2.57 bits per heavy atom. The molecule has 4 heteroatoms. The van der Waals surface area contributed by atoms with Gasteiger partial charge in [-0.25, -0.2) is 4.68 Å². The summed E-state index contributed by atoms with van der Waals surface area (Å²) in [6, 6.07) is 15.7. The number of nitrogens with zero attached hydrogens (tertiary/aromatic N) is 2. The standard InChI is InChI=1S/C17H16N2OS/c1-2-14-8-9-15(21-14)12-17(20)16-10-11-19(18-16)13-6-4-3-5-7-13/h3-11H,2,12H2,1H3. The lowest BCUT2D eigenvalue weighted by atomic mass is 10.2. The Hall–Kier alpha value is -2.20. The van der Waals surface area contributed by atoms with Crippen LogP contribution in [-0.4, -0.2) is 15.6 Å². The highest BCUT2D eigenvalue weighted by molar-refractivity contribution is 7.12. The number of para-hydroxylation sites is 1. The summed E-state index contributed by atoms with van der Waals surface area (Å²) in [7, 11) is 0. The monoisotopic (exact) mass is 296 g/mol. The summed E-state index contributed by atoms with van der Waals surface area (Å²) in [6.45, 7) is 2.12. The molecule has 2 aromatic heterocycles. The van der Waals surface area contributed by atoms with Gasteiger partial charge in [0.1, 0.15) is 5.69 Å². The number of ketones is 1. The van der Waals surface area contributed by atoms with Crippen LogP contribution < -0.4 is 0 Å². The van der Waals surface area contributed by atoms with Crippen molar-refractivity contribution >= 4 is 17.1 Å². The number of carbonyl (C=O) groups is 1. The van der Waals surface area contributed by atoms with Gasteiger partial charge in [-0.1, -0.05) is 25.1 Å². The second-order valence-corrected chi connectivity index (χ2v) is 6.06. The minimum absolute atomic E-state index is 0.0641. The molecule has 0 radical (unpaired) electrons. The molecule has 106 valence electrons. The maximum atomic E-state index is 12.3. The van der Waals surface area contributed by atoms with Gasteiger partial charge in [0.15, 0.2) is 5.78 Å². The third-order valence-corrected chi connectivity index (χ3v) is 4.53. The van der Waals surface area contributed by atoms with E-state index >= 15 is 0 Å². The fourth-order valence-corrected chi connectivity index (χ4v) is 3.11. The van der Waals surface area contributed by atoms with Crippen molar-refractivity contribution in [1.29, 1.82) is 0 Å².